The molecule has 0 atom stereocenters. The molecule has 1 aromatic heterocycles. The highest BCUT2D eigenvalue weighted by Gasteiger charge is 2.16. The quantitative estimate of drug-likeness (QED) is 0.751. The fraction of sp³-hybridized carbons (Fsp3) is 0.143. The molecule has 8 nitrogen and oxygen atoms in total. The number of nitrogens with two attached hydrogens (primary N) is 1. The van der Waals surface area contributed by atoms with Crippen LogP contribution in [-0.2, 0) is 11.3 Å². The molecule has 0 radical (unpaired) electrons. The molecular formula is C14H13N5O3. The zero-order chi connectivity index (χ0) is 15.5. The second-order valence-electron chi connectivity index (χ2n) is 4.64. The van der Waals surface area contributed by atoms with Gasteiger partial charge in [-0.25, -0.2) is 9.97 Å². The Kier molecular flexibility index (Phi) is 3.57. The molecule has 4 N–H and O–H groups in total. The van der Waals surface area contributed by atoms with Crippen LogP contribution in [0.4, 0.5) is 11.5 Å². The normalized spacial score (nSPS) is 12.8. The molecule has 0 bridgehead atoms. The Morgan fingerprint density at radius 2 is 2.18 bits per heavy atom. The number of rotatable bonds is 3. The van der Waals surface area contributed by atoms with Crippen LogP contribution in [0.5, 0.6) is 5.75 Å². The molecule has 0 saturated carbocycles. The zero-order valence-electron chi connectivity index (χ0n) is 11.5. The van der Waals surface area contributed by atoms with Gasteiger partial charge in [-0.15, -0.1) is 0 Å². The van der Waals surface area contributed by atoms with E-state index in [0.29, 0.717) is 11.4 Å². The Labute approximate surface area is 125 Å². The van der Waals surface area contributed by atoms with Crippen molar-refractivity contribution in [3.63, 3.8) is 0 Å². The van der Waals surface area contributed by atoms with Crippen LogP contribution in [-0.4, -0.2) is 28.4 Å². The number of aromatic nitrogens is 2. The lowest BCUT2D eigenvalue weighted by Crippen LogP contribution is -2.27. The molecule has 8 heteroatoms. The lowest BCUT2D eigenvalue weighted by molar-refractivity contribution is -0.118. The minimum Gasteiger partial charge on any atom is -0.482 e. The fourth-order valence-electron chi connectivity index (χ4n) is 2.03. The van der Waals surface area contributed by atoms with Crippen molar-refractivity contribution in [2.24, 2.45) is 0 Å². The van der Waals surface area contributed by atoms with Crippen molar-refractivity contribution in [2.45, 2.75) is 6.54 Å². The minimum absolute atomic E-state index is 0.00896. The highest BCUT2D eigenvalue weighted by Crippen LogP contribution is 2.28. The van der Waals surface area contributed by atoms with Crippen LogP contribution in [0.15, 0.2) is 30.6 Å². The molecule has 0 saturated heterocycles. The van der Waals surface area contributed by atoms with Gasteiger partial charge in [0.15, 0.2) is 18.1 Å². The average molecular weight is 299 g/mol. The molecule has 0 fully saturated rings. The Hall–Kier alpha value is -3.16. The van der Waals surface area contributed by atoms with E-state index in [1.807, 2.05) is 0 Å². The zero-order valence-corrected chi connectivity index (χ0v) is 11.5. The number of nitrogen functional groups attached to an aromatic ring is 1. The van der Waals surface area contributed by atoms with Gasteiger partial charge in [0.2, 0.25) is 0 Å². The first kappa shape index (κ1) is 13.8. The Bertz CT molecular complexity index is 747. The van der Waals surface area contributed by atoms with Crippen LogP contribution in [0.25, 0.3) is 0 Å². The van der Waals surface area contributed by atoms with Crippen molar-refractivity contribution in [2.75, 3.05) is 17.7 Å². The Balaban J connectivity index is 1.69. The highest BCUT2D eigenvalue weighted by atomic mass is 16.5. The summed E-state index contributed by atoms with van der Waals surface area (Å²) in [5, 5.41) is 5.41. The van der Waals surface area contributed by atoms with Gasteiger partial charge in [-0.05, 0) is 17.7 Å². The molecule has 3 rings (SSSR count). The summed E-state index contributed by atoms with van der Waals surface area (Å²) in [5.74, 6) is 0.0589. The third-order valence-corrected chi connectivity index (χ3v) is 3.07. The number of hydrogen-bond acceptors (Lipinski definition) is 6. The van der Waals surface area contributed by atoms with E-state index in [1.54, 1.807) is 18.2 Å². The first-order chi connectivity index (χ1) is 10.6. The molecule has 1 aliphatic rings. The number of anilines is 2. The standard InChI is InChI=1S/C14H13N5O3/c15-13-12(16-3-4-17-13)14(21)18-6-8-1-2-10-9(5-8)19-11(20)7-22-10/h1-5H,6-7H2,(H2,15,17)(H,18,21)(H,19,20). The van der Waals surface area contributed by atoms with E-state index in [1.165, 1.54) is 12.4 Å². The number of fused-ring (bicyclic) bond motifs is 1. The van der Waals surface area contributed by atoms with Gasteiger partial charge in [0.1, 0.15) is 5.75 Å². The van der Waals surface area contributed by atoms with Crippen LogP contribution in [0.1, 0.15) is 16.1 Å². The first-order valence-corrected chi connectivity index (χ1v) is 6.54. The lowest BCUT2D eigenvalue weighted by atomic mass is 10.1. The maximum absolute atomic E-state index is 12.0. The Morgan fingerprint density at radius 1 is 1.36 bits per heavy atom. The van der Waals surface area contributed by atoms with Crippen molar-refractivity contribution < 1.29 is 14.3 Å². The van der Waals surface area contributed by atoms with Gasteiger partial charge in [-0.3, -0.25) is 9.59 Å². The topological polar surface area (TPSA) is 119 Å². The molecule has 0 aliphatic carbocycles. The van der Waals surface area contributed by atoms with Crippen molar-refractivity contribution in [3.05, 3.63) is 41.9 Å². The molecular weight excluding hydrogens is 286 g/mol. The second kappa shape index (κ2) is 5.68. The third kappa shape index (κ3) is 2.80. The average Bonchev–Trinajstić information content (AvgIpc) is 2.52. The summed E-state index contributed by atoms with van der Waals surface area (Å²) in [6.45, 7) is 0.271. The molecule has 1 aromatic carbocycles. The largest absolute Gasteiger partial charge is 0.482 e. The number of carbonyl (C=O) groups excluding carboxylic acids is 2. The number of nitrogens with one attached hydrogen (secondary N) is 2. The van der Waals surface area contributed by atoms with E-state index >= 15 is 0 Å². The van der Waals surface area contributed by atoms with Crippen LogP contribution in [0.2, 0.25) is 0 Å². The molecule has 0 spiro atoms. The maximum atomic E-state index is 12.0. The number of amides is 2. The minimum atomic E-state index is -0.413. The summed E-state index contributed by atoms with van der Waals surface area (Å²) < 4.78 is 5.27. The van der Waals surface area contributed by atoms with Crippen LogP contribution in [0.3, 0.4) is 0 Å². The van der Waals surface area contributed by atoms with Crippen molar-refractivity contribution >= 4 is 23.3 Å². The monoisotopic (exact) mass is 299 g/mol. The van der Waals surface area contributed by atoms with Crippen molar-refractivity contribution in [1.82, 2.24) is 15.3 Å². The second-order valence-corrected chi connectivity index (χ2v) is 4.64. The number of benzene rings is 1. The van der Waals surface area contributed by atoms with Gasteiger partial charge in [0.05, 0.1) is 5.69 Å². The fourth-order valence-corrected chi connectivity index (χ4v) is 2.03. The maximum Gasteiger partial charge on any atom is 0.273 e. The summed E-state index contributed by atoms with van der Waals surface area (Å²) >= 11 is 0. The predicted octanol–water partition coefficient (Wildman–Crippen LogP) is 0.320. The summed E-state index contributed by atoms with van der Waals surface area (Å²) in [5.41, 5.74) is 7.07. The molecule has 2 aromatic rings. The molecule has 22 heavy (non-hydrogen) atoms. The molecule has 0 unspecified atom stereocenters. The highest BCUT2D eigenvalue weighted by molar-refractivity contribution is 5.96. The smallest absolute Gasteiger partial charge is 0.273 e. The SMILES string of the molecule is Nc1nccnc1C(=O)NCc1ccc2c(c1)NC(=O)CO2. The molecule has 1 aliphatic heterocycles. The molecule has 2 heterocycles. The van der Waals surface area contributed by atoms with E-state index in [9.17, 15) is 9.59 Å². The van der Waals surface area contributed by atoms with Gasteiger partial charge < -0.3 is 21.1 Å². The van der Waals surface area contributed by atoms with Crippen molar-refractivity contribution in [3.8, 4) is 5.75 Å². The summed E-state index contributed by atoms with van der Waals surface area (Å²) in [6, 6.07) is 5.29. The third-order valence-electron chi connectivity index (χ3n) is 3.07. The van der Waals surface area contributed by atoms with Crippen LogP contribution < -0.4 is 21.1 Å². The van der Waals surface area contributed by atoms with Gasteiger partial charge in [-0.1, -0.05) is 6.07 Å². The number of hydrogen-bond donors (Lipinski definition) is 3. The predicted molar refractivity (Wildman–Crippen MR) is 78.2 cm³/mol. The van der Waals surface area contributed by atoms with E-state index in [-0.39, 0.29) is 30.6 Å². The summed E-state index contributed by atoms with van der Waals surface area (Å²) in [4.78, 5) is 31.0. The Morgan fingerprint density at radius 3 is 3.00 bits per heavy atom. The van der Waals surface area contributed by atoms with Gasteiger partial charge in [-0.2, -0.15) is 0 Å². The van der Waals surface area contributed by atoms with Gasteiger partial charge in [0, 0.05) is 18.9 Å². The van der Waals surface area contributed by atoms with E-state index in [0.717, 1.165) is 5.56 Å². The van der Waals surface area contributed by atoms with Crippen molar-refractivity contribution in [1.29, 1.82) is 0 Å². The van der Waals surface area contributed by atoms with E-state index < -0.39 is 5.91 Å². The van der Waals surface area contributed by atoms with Gasteiger partial charge >= 0.3 is 0 Å². The molecule has 2 amide bonds. The number of carbonyl (C=O) groups is 2. The van der Waals surface area contributed by atoms with E-state index in [4.69, 9.17) is 10.5 Å². The number of ether oxygens (including phenoxy) is 1. The molecule has 112 valence electrons. The van der Waals surface area contributed by atoms with E-state index in [2.05, 4.69) is 20.6 Å². The summed E-state index contributed by atoms with van der Waals surface area (Å²) in [7, 11) is 0. The van der Waals surface area contributed by atoms with Gasteiger partial charge in [0.25, 0.3) is 11.8 Å². The number of nitrogens with zero attached hydrogens (tertiary/aromatic N) is 2. The summed E-state index contributed by atoms with van der Waals surface area (Å²) in [6.07, 6.45) is 2.81. The van der Waals surface area contributed by atoms with Crippen LogP contribution in [0, 0.1) is 0 Å². The van der Waals surface area contributed by atoms with Crippen LogP contribution >= 0.6 is 0 Å². The first-order valence-electron chi connectivity index (χ1n) is 6.54. The lowest BCUT2D eigenvalue weighted by Gasteiger charge is -2.18.